The van der Waals surface area contributed by atoms with Crippen LogP contribution in [0.25, 0.3) is 5.78 Å². The molecular weight excluding hydrogens is 314 g/mol. The molecule has 6 heteroatoms. The summed E-state index contributed by atoms with van der Waals surface area (Å²) in [6.45, 7) is 8.17. The van der Waals surface area contributed by atoms with E-state index in [-0.39, 0.29) is 5.91 Å². The molecule has 1 aromatic carbocycles. The predicted octanol–water partition coefficient (Wildman–Crippen LogP) is 2.89. The first kappa shape index (κ1) is 16.8. The minimum Gasteiger partial charge on any atom is -0.309 e. The summed E-state index contributed by atoms with van der Waals surface area (Å²) in [5.41, 5.74) is 3.78. The second-order valence-corrected chi connectivity index (χ2v) is 5.86. The van der Waals surface area contributed by atoms with E-state index in [4.69, 9.17) is 0 Å². The Balaban J connectivity index is 1.80. The van der Waals surface area contributed by atoms with Gasteiger partial charge in [-0.15, -0.1) is 6.58 Å². The molecule has 25 heavy (non-hydrogen) atoms. The van der Waals surface area contributed by atoms with Crippen LogP contribution in [0.15, 0.2) is 49.3 Å². The van der Waals surface area contributed by atoms with Crippen LogP contribution in [0.5, 0.6) is 0 Å². The third kappa shape index (κ3) is 3.42. The topological polar surface area (TPSA) is 63.4 Å². The Labute approximate surface area is 146 Å². The molecule has 0 bridgehead atoms. The monoisotopic (exact) mass is 335 g/mol. The molecule has 0 fully saturated rings. The summed E-state index contributed by atoms with van der Waals surface area (Å²) in [6.07, 6.45) is 4.24. The molecule has 128 valence electrons. The zero-order chi connectivity index (χ0) is 17.8. The van der Waals surface area contributed by atoms with Crippen LogP contribution < -0.4 is 4.90 Å². The highest BCUT2D eigenvalue weighted by atomic mass is 16.2. The number of hydrogen-bond donors (Lipinski definition) is 0. The van der Waals surface area contributed by atoms with E-state index in [9.17, 15) is 4.79 Å². The van der Waals surface area contributed by atoms with Crippen molar-refractivity contribution in [2.24, 2.45) is 0 Å². The van der Waals surface area contributed by atoms with Crippen molar-refractivity contribution in [2.75, 3.05) is 11.4 Å². The van der Waals surface area contributed by atoms with Crippen molar-refractivity contribution >= 4 is 17.4 Å². The molecule has 6 nitrogen and oxygen atoms in total. The lowest BCUT2D eigenvalue weighted by Crippen LogP contribution is -2.31. The maximum absolute atomic E-state index is 12.8. The number of fused-ring (bicyclic) bond motifs is 1. The smallest absolute Gasteiger partial charge is 0.252 e. The van der Waals surface area contributed by atoms with Crippen LogP contribution in [-0.4, -0.2) is 32.0 Å². The van der Waals surface area contributed by atoms with Gasteiger partial charge in [0.2, 0.25) is 5.91 Å². The van der Waals surface area contributed by atoms with Gasteiger partial charge in [-0.25, -0.2) is 9.50 Å². The van der Waals surface area contributed by atoms with Gasteiger partial charge in [0, 0.05) is 30.0 Å². The number of carbonyl (C=O) groups is 1. The van der Waals surface area contributed by atoms with E-state index in [1.165, 1.54) is 6.33 Å². The SMILES string of the molecule is C=CCN(C(=O)CCc1c(C)nc2ncnn2c1C)c1ccccc1. The molecule has 0 spiro atoms. The van der Waals surface area contributed by atoms with Crippen molar-refractivity contribution in [2.45, 2.75) is 26.7 Å². The van der Waals surface area contributed by atoms with Crippen molar-refractivity contribution < 1.29 is 4.79 Å². The molecular formula is C19H21N5O. The lowest BCUT2D eigenvalue weighted by Gasteiger charge is -2.21. The van der Waals surface area contributed by atoms with Crippen LogP contribution in [0.2, 0.25) is 0 Å². The zero-order valence-electron chi connectivity index (χ0n) is 14.5. The standard InChI is InChI=1S/C19H21N5O/c1-4-12-23(16-8-6-5-7-9-16)18(25)11-10-17-14(2)22-19-20-13-21-24(19)15(17)3/h4-9,13H,1,10-12H2,2-3H3. The van der Waals surface area contributed by atoms with Gasteiger partial charge in [0.1, 0.15) is 6.33 Å². The number of nitrogens with zero attached hydrogens (tertiary/aromatic N) is 5. The normalized spacial score (nSPS) is 10.8. The number of rotatable bonds is 6. The molecule has 0 unspecified atom stereocenters. The fourth-order valence-corrected chi connectivity index (χ4v) is 2.97. The summed E-state index contributed by atoms with van der Waals surface area (Å²) in [6, 6.07) is 9.65. The first-order chi connectivity index (χ1) is 12.1. The van der Waals surface area contributed by atoms with E-state index in [0.717, 1.165) is 22.6 Å². The average Bonchev–Trinajstić information content (AvgIpc) is 3.08. The van der Waals surface area contributed by atoms with Crippen molar-refractivity contribution in [3.05, 3.63) is 66.3 Å². The molecule has 3 aromatic rings. The van der Waals surface area contributed by atoms with Gasteiger partial charge in [-0.2, -0.15) is 10.1 Å². The van der Waals surface area contributed by atoms with Crippen LogP contribution in [0, 0.1) is 13.8 Å². The predicted molar refractivity (Wildman–Crippen MR) is 97.6 cm³/mol. The van der Waals surface area contributed by atoms with Crippen LogP contribution in [-0.2, 0) is 11.2 Å². The van der Waals surface area contributed by atoms with Crippen LogP contribution >= 0.6 is 0 Å². The number of hydrogen-bond acceptors (Lipinski definition) is 4. The Morgan fingerprint density at radius 1 is 1.28 bits per heavy atom. The van der Waals surface area contributed by atoms with Crippen molar-refractivity contribution in [1.82, 2.24) is 19.6 Å². The highest BCUT2D eigenvalue weighted by Crippen LogP contribution is 2.18. The fourth-order valence-electron chi connectivity index (χ4n) is 2.97. The van der Waals surface area contributed by atoms with Gasteiger partial charge in [0.05, 0.1) is 0 Å². The van der Waals surface area contributed by atoms with Crippen LogP contribution in [0.3, 0.4) is 0 Å². The van der Waals surface area contributed by atoms with Crippen molar-refractivity contribution in [3.8, 4) is 0 Å². The Hall–Kier alpha value is -3.02. The van der Waals surface area contributed by atoms with Crippen molar-refractivity contribution in [3.63, 3.8) is 0 Å². The summed E-state index contributed by atoms with van der Waals surface area (Å²) in [7, 11) is 0. The maximum atomic E-state index is 12.8. The van der Waals surface area contributed by atoms with Gasteiger partial charge >= 0.3 is 0 Å². The number of amides is 1. The maximum Gasteiger partial charge on any atom is 0.252 e. The fraction of sp³-hybridized carbons (Fsp3) is 0.263. The molecule has 0 aliphatic carbocycles. The van der Waals surface area contributed by atoms with E-state index in [0.29, 0.717) is 25.2 Å². The van der Waals surface area contributed by atoms with Gasteiger partial charge in [-0.1, -0.05) is 24.3 Å². The molecule has 3 rings (SSSR count). The second-order valence-electron chi connectivity index (χ2n) is 5.86. The van der Waals surface area contributed by atoms with Gasteiger partial charge < -0.3 is 4.90 Å². The Morgan fingerprint density at radius 2 is 2.04 bits per heavy atom. The summed E-state index contributed by atoms with van der Waals surface area (Å²) >= 11 is 0. The second kappa shape index (κ2) is 7.25. The molecule has 0 atom stereocenters. The lowest BCUT2D eigenvalue weighted by molar-refractivity contribution is -0.118. The molecule has 0 aliphatic rings. The molecule has 2 heterocycles. The molecule has 0 N–H and O–H groups in total. The number of para-hydroxylation sites is 1. The highest BCUT2D eigenvalue weighted by molar-refractivity contribution is 5.93. The number of anilines is 1. The molecule has 2 aromatic heterocycles. The quantitative estimate of drug-likeness (QED) is 0.650. The third-order valence-electron chi connectivity index (χ3n) is 4.26. The summed E-state index contributed by atoms with van der Waals surface area (Å²) in [5, 5.41) is 4.19. The van der Waals surface area contributed by atoms with Crippen LogP contribution in [0.1, 0.15) is 23.4 Å². The number of aryl methyl sites for hydroxylation is 2. The minimum absolute atomic E-state index is 0.0589. The zero-order valence-corrected chi connectivity index (χ0v) is 14.5. The molecule has 0 saturated heterocycles. The van der Waals surface area contributed by atoms with E-state index in [1.807, 2.05) is 44.2 Å². The van der Waals surface area contributed by atoms with Gasteiger partial charge in [0.25, 0.3) is 5.78 Å². The Kier molecular flexibility index (Phi) is 4.88. The number of aromatic nitrogens is 4. The Bertz CT molecular complexity index is 901. The summed E-state index contributed by atoms with van der Waals surface area (Å²) in [4.78, 5) is 23.1. The highest BCUT2D eigenvalue weighted by Gasteiger charge is 2.17. The number of benzene rings is 1. The number of carbonyl (C=O) groups excluding carboxylic acids is 1. The van der Waals surface area contributed by atoms with E-state index in [2.05, 4.69) is 21.6 Å². The molecule has 0 saturated carbocycles. The van der Waals surface area contributed by atoms with Crippen molar-refractivity contribution in [1.29, 1.82) is 0 Å². The van der Waals surface area contributed by atoms with Gasteiger partial charge in [-0.05, 0) is 38.0 Å². The minimum atomic E-state index is 0.0589. The first-order valence-electron chi connectivity index (χ1n) is 8.24. The summed E-state index contributed by atoms with van der Waals surface area (Å²) in [5.74, 6) is 0.645. The average molecular weight is 335 g/mol. The first-order valence-corrected chi connectivity index (χ1v) is 8.24. The van der Waals surface area contributed by atoms with Gasteiger partial charge in [0.15, 0.2) is 0 Å². The summed E-state index contributed by atoms with van der Waals surface area (Å²) < 4.78 is 1.71. The van der Waals surface area contributed by atoms with Gasteiger partial charge in [-0.3, -0.25) is 4.79 Å². The van der Waals surface area contributed by atoms with E-state index < -0.39 is 0 Å². The van der Waals surface area contributed by atoms with E-state index >= 15 is 0 Å². The molecule has 0 aliphatic heterocycles. The van der Waals surface area contributed by atoms with Crippen LogP contribution in [0.4, 0.5) is 5.69 Å². The lowest BCUT2D eigenvalue weighted by atomic mass is 10.1. The molecule has 1 amide bonds. The molecule has 0 radical (unpaired) electrons. The van der Waals surface area contributed by atoms with E-state index in [1.54, 1.807) is 15.5 Å². The Morgan fingerprint density at radius 3 is 2.76 bits per heavy atom. The largest absolute Gasteiger partial charge is 0.309 e. The third-order valence-corrected chi connectivity index (χ3v) is 4.26.